The molecule has 3 heteroatoms. The highest BCUT2D eigenvalue weighted by molar-refractivity contribution is 4.82. The van der Waals surface area contributed by atoms with Crippen LogP contribution in [-0.2, 0) is 4.74 Å². The van der Waals surface area contributed by atoms with Crippen molar-refractivity contribution in [1.29, 1.82) is 0 Å². The lowest BCUT2D eigenvalue weighted by molar-refractivity contribution is 0.0524. The molecule has 2 atom stereocenters. The molecule has 90 valence electrons. The van der Waals surface area contributed by atoms with Crippen LogP contribution in [0.3, 0.4) is 0 Å². The molecule has 0 aromatic heterocycles. The summed E-state index contributed by atoms with van der Waals surface area (Å²) < 4.78 is 5.53. The number of ether oxygens (including phenoxy) is 1. The second-order valence-electron chi connectivity index (χ2n) is 4.80. The second-order valence-corrected chi connectivity index (χ2v) is 4.80. The normalized spacial score (nSPS) is 25.0. The zero-order valence-corrected chi connectivity index (χ0v) is 10.3. The topological polar surface area (TPSA) is 32.7 Å². The van der Waals surface area contributed by atoms with Crippen molar-refractivity contribution in [1.82, 2.24) is 4.90 Å². The van der Waals surface area contributed by atoms with E-state index in [-0.39, 0.29) is 0 Å². The highest BCUT2D eigenvalue weighted by Crippen LogP contribution is 2.21. The Labute approximate surface area is 93.4 Å². The summed E-state index contributed by atoms with van der Waals surface area (Å²) in [7, 11) is 0. The van der Waals surface area contributed by atoms with Gasteiger partial charge in [-0.25, -0.2) is 0 Å². The molecule has 1 rings (SSSR count). The molecule has 1 heterocycles. The highest BCUT2D eigenvalue weighted by atomic mass is 16.5. The van der Waals surface area contributed by atoms with Crippen molar-refractivity contribution in [3.8, 4) is 0 Å². The van der Waals surface area contributed by atoms with Crippen molar-refractivity contribution in [3.05, 3.63) is 0 Å². The van der Waals surface area contributed by atoms with Gasteiger partial charge in [0.25, 0.3) is 0 Å². The van der Waals surface area contributed by atoms with E-state index in [4.69, 9.17) is 9.84 Å². The molecular weight excluding hydrogens is 190 g/mol. The fourth-order valence-electron chi connectivity index (χ4n) is 2.27. The van der Waals surface area contributed by atoms with E-state index in [1.807, 2.05) is 6.92 Å². The number of likely N-dealkylation sites (tertiary alicyclic amines) is 1. The van der Waals surface area contributed by atoms with Gasteiger partial charge in [-0.15, -0.1) is 0 Å². The maximum Gasteiger partial charge on any atom is 0.0624 e. The van der Waals surface area contributed by atoms with Crippen molar-refractivity contribution in [2.45, 2.75) is 33.2 Å². The average molecular weight is 215 g/mol. The van der Waals surface area contributed by atoms with E-state index < -0.39 is 0 Å². The largest absolute Gasteiger partial charge is 0.396 e. The molecule has 0 aliphatic carbocycles. The molecular formula is C12H25NO2. The third-order valence-corrected chi connectivity index (χ3v) is 3.31. The van der Waals surface area contributed by atoms with E-state index in [1.165, 1.54) is 0 Å². The fourth-order valence-corrected chi connectivity index (χ4v) is 2.27. The molecule has 3 nitrogen and oxygen atoms in total. The van der Waals surface area contributed by atoms with E-state index in [0.717, 1.165) is 32.7 Å². The molecule has 1 aliphatic heterocycles. The minimum Gasteiger partial charge on any atom is -0.396 e. The van der Waals surface area contributed by atoms with E-state index in [2.05, 4.69) is 18.7 Å². The Morgan fingerprint density at radius 2 is 2.20 bits per heavy atom. The molecule has 0 spiro atoms. The van der Waals surface area contributed by atoms with E-state index in [9.17, 15) is 0 Å². The van der Waals surface area contributed by atoms with Crippen LogP contribution in [-0.4, -0.2) is 49.0 Å². The van der Waals surface area contributed by atoms with Gasteiger partial charge < -0.3 is 9.84 Å². The Morgan fingerprint density at radius 3 is 2.67 bits per heavy atom. The Hall–Kier alpha value is -0.120. The number of hydrogen-bond acceptors (Lipinski definition) is 3. The van der Waals surface area contributed by atoms with Gasteiger partial charge in [0.1, 0.15) is 0 Å². The molecule has 2 unspecified atom stereocenters. The Morgan fingerprint density at radius 1 is 1.47 bits per heavy atom. The number of aliphatic hydroxyl groups excluding tert-OH is 1. The molecule has 0 aromatic rings. The van der Waals surface area contributed by atoms with Gasteiger partial charge in [-0.2, -0.15) is 0 Å². The molecule has 0 bridgehead atoms. The van der Waals surface area contributed by atoms with Crippen LogP contribution >= 0.6 is 0 Å². The van der Waals surface area contributed by atoms with E-state index >= 15 is 0 Å². The molecule has 0 saturated carbocycles. The second kappa shape index (κ2) is 6.46. The zero-order chi connectivity index (χ0) is 11.3. The van der Waals surface area contributed by atoms with Crippen molar-refractivity contribution < 1.29 is 9.84 Å². The SMILES string of the molecule is CCOCC(C(C)C)N1CCC(CO)C1. The lowest BCUT2D eigenvalue weighted by atomic mass is 10.0. The molecule has 1 saturated heterocycles. The summed E-state index contributed by atoms with van der Waals surface area (Å²) in [5.74, 6) is 1.10. The number of nitrogens with zero attached hydrogens (tertiary/aromatic N) is 1. The van der Waals surface area contributed by atoms with Crippen molar-refractivity contribution in [3.63, 3.8) is 0 Å². The van der Waals surface area contributed by atoms with Gasteiger partial charge >= 0.3 is 0 Å². The minimum absolute atomic E-state index is 0.329. The summed E-state index contributed by atoms with van der Waals surface area (Å²) in [5, 5.41) is 9.12. The molecule has 1 fully saturated rings. The smallest absolute Gasteiger partial charge is 0.0624 e. The predicted octanol–water partition coefficient (Wildman–Crippen LogP) is 1.36. The lowest BCUT2D eigenvalue weighted by Crippen LogP contribution is -2.41. The maximum atomic E-state index is 9.12. The van der Waals surface area contributed by atoms with Crippen LogP contribution < -0.4 is 0 Å². The maximum absolute atomic E-state index is 9.12. The van der Waals surface area contributed by atoms with E-state index in [1.54, 1.807) is 0 Å². The zero-order valence-electron chi connectivity index (χ0n) is 10.3. The van der Waals surface area contributed by atoms with Gasteiger partial charge in [0.2, 0.25) is 0 Å². The minimum atomic E-state index is 0.329. The summed E-state index contributed by atoms with van der Waals surface area (Å²) in [6.45, 7) is 10.6. The van der Waals surface area contributed by atoms with Gasteiger partial charge in [-0.3, -0.25) is 4.90 Å². The molecule has 0 aromatic carbocycles. The summed E-state index contributed by atoms with van der Waals surface area (Å²) >= 11 is 0. The molecule has 0 radical (unpaired) electrons. The molecule has 1 aliphatic rings. The average Bonchev–Trinajstić information content (AvgIpc) is 2.66. The van der Waals surface area contributed by atoms with Gasteiger partial charge in [0.05, 0.1) is 6.61 Å². The van der Waals surface area contributed by atoms with Crippen LogP contribution in [0.4, 0.5) is 0 Å². The first-order valence-corrected chi connectivity index (χ1v) is 6.11. The first-order valence-electron chi connectivity index (χ1n) is 6.11. The molecule has 15 heavy (non-hydrogen) atoms. The lowest BCUT2D eigenvalue weighted by Gasteiger charge is -2.30. The van der Waals surface area contributed by atoms with Crippen LogP contribution in [0.5, 0.6) is 0 Å². The van der Waals surface area contributed by atoms with Crippen LogP contribution in [0.1, 0.15) is 27.2 Å². The van der Waals surface area contributed by atoms with Gasteiger partial charge in [-0.1, -0.05) is 13.8 Å². The van der Waals surface area contributed by atoms with Crippen LogP contribution in [0, 0.1) is 11.8 Å². The first-order chi connectivity index (χ1) is 7.19. The van der Waals surface area contributed by atoms with Crippen LogP contribution in [0.15, 0.2) is 0 Å². The Balaban J connectivity index is 2.42. The monoisotopic (exact) mass is 215 g/mol. The van der Waals surface area contributed by atoms with Gasteiger partial charge in [0.15, 0.2) is 0 Å². The van der Waals surface area contributed by atoms with Crippen molar-refractivity contribution in [2.75, 3.05) is 32.9 Å². The predicted molar refractivity (Wildman–Crippen MR) is 61.9 cm³/mol. The number of rotatable bonds is 6. The van der Waals surface area contributed by atoms with Crippen LogP contribution in [0.25, 0.3) is 0 Å². The van der Waals surface area contributed by atoms with Crippen molar-refractivity contribution in [2.24, 2.45) is 11.8 Å². The standard InChI is InChI=1S/C12H25NO2/c1-4-15-9-12(10(2)3)13-6-5-11(7-13)8-14/h10-12,14H,4-9H2,1-3H3. The third kappa shape index (κ3) is 3.74. The molecule has 0 amide bonds. The Kier molecular flexibility index (Phi) is 5.58. The number of hydrogen-bond donors (Lipinski definition) is 1. The van der Waals surface area contributed by atoms with Gasteiger partial charge in [-0.05, 0) is 31.7 Å². The summed E-state index contributed by atoms with van der Waals surface area (Å²) in [5.41, 5.74) is 0. The number of aliphatic hydroxyl groups is 1. The fraction of sp³-hybridized carbons (Fsp3) is 1.00. The Bertz CT molecular complexity index is 173. The van der Waals surface area contributed by atoms with Crippen LogP contribution in [0.2, 0.25) is 0 Å². The van der Waals surface area contributed by atoms with Gasteiger partial charge in [0, 0.05) is 25.8 Å². The van der Waals surface area contributed by atoms with E-state index in [0.29, 0.717) is 24.5 Å². The third-order valence-electron chi connectivity index (χ3n) is 3.31. The summed E-state index contributed by atoms with van der Waals surface area (Å²) in [6.07, 6.45) is 1.13. The summed E-state index contributed by atoms with van der Waals surface area (Å²) in [6, 6.07) is 0.515. The highest BCUT2D eigenvalue weighted by Gasteiger charge is 2.29. The summed E-state index contributed by atoms with van der Waals surface area (Å²) in [4.78, 5) is 2.47. The quantitative estimate of drug-likeness (QED) is 0.726. The molecule has 1 N–H and O–H groups in total. The van der Waals surface area contributed by atoms with Crippen molar-refractivity contribution >= 4 is 0 Å². The first kappa shape index (κ1) is 12.9.